The van der Waals surface area contributed by atoms with Crippen LogP contribution in [0.3, 0.4) is 0 Å². The van der Waals surface area contributed by atoms with Crippen molar-refractivity contribution >= 4 is 12.0 Å². The maximum atomic E-state index is 13.0. The number of aromatic nitrogens is 1. The molecule has 0 unspecified atom stereocenters. The van der Waals surface area contributed by atoms with Crippen LogP contribution in [0.1, 0.15) is 52.9 Å². The summed E-state index contributed by atoms with van der Waals surface area (Å²) in [7, 11) is 0. The highest BCUT2D eigenvalue weighted by Gasteiger charge is 2.38. The topological polar surface area (TPSA) is 72.8 Å². The third-order valence-electron chi connectivity index (χ3n) is 5.62. The minimum Gasteiger partial charge on any atom is -0.444 e. The Morgan fingerprint density at radius 1 is 1.14 bits per heavy atom. The molecule has 0 saturated carbocycles. The molecular formula is C21H33N3O4. The number of nitrogens with one attached hydrogen (secondary N) is 1. The van der Waals surface area contributed by atoms with Crippen molar-refractivity contribution in [1.82, 2.24) is 14.8 Å². The van der Waals surface area contributed by atoms with E-state index in [1.165, 1.54) is 0 Å². The van der Waals surface area contributed by atoms with Gasteiger partial charge in [-0.1, -0.05) is 0 Å². The van der Waals surface area contributed by atoms with Gasteiger partial charge in [-0.25, -0.2) is 4.79 Å². The van der Waals surface area contributed by atoms with Gasteiger partial charge in [-0.3, -0.25) is 4.79 Å². The second-order valence-corrected chi connectivity index (χ2v) is 8.91. The summed E-state index contributed by atoms with van der Waals surface area (Å²) >= 11 is 0. The van der Waals surface area contributed by atoms with Crippen molar-refractivity contribution in [2.45, 2.75) is 70.1 Å². The summed E-state index contributed by atoms with van der Waals surface area (Å²) in [6, 6.07) is 4.07. The average molecular weight is 392 g/mol. The molecule has 0 aromatic carbocycles. The maximum absolute atomic E-state index is 13.0. The molecule has 7 heteroatoms. The molecule has 1 N–H and O–H groups in total. The lowest BCUT2D eigenvalue weighted by atomic mass is 9.85. The van der Waals surface area contributed by atoms with Crippen LogP contribution in [0.4, 0.5) is 4.79 Å². The molecule has 2 saturated heterocycles. The molecule has 28 heavy (non-hydrogen) atoms. The first kappa shape index (κ1) is 20.7. The molecule has 7 nitrogen and oxygen atoms in total. The Bertz CT molecular complexity index is 652. The lowest BCUT2D eigenvalue weighted by Gasteiger charge is -2.41. The van der Waals surface area contributed by atoms with E-state index >= 15 is 0 Å². The lowest BCUT2D eigenvalue weighted by Crippen LogP contribution is -2.50. The van der Waals surface area contributed by atoms with Crippen molar-refractivity contribution in [3.05, 3.63) is 24.5 Å². The van der Waals surface area contributed by atoms with Crippen molar-refractivity contribution in [3.63, 3.8) is 0 Å². The Labute approximate surface area is 167 Å². The molecule has 3 heterocycles. The molecule has 0 aliphatic carbocycles. The average Bonchev–Trinajstić information content (AvgIpc) is 3.17. The Morgan fingerprint density at radius 3 is 2.32 bits per heavy atom. The van der Waals surface area contributed by atoms with Crippen LogP contribution in [-0.4, -0.2) is 59.4 Å². The summed E-state index contributed by atoms with van der Waals surface area (Å²) in [6.45, 7) is 8.26. The number of hydrogen-bond acceptors (Lipinski definition) is 4. The Balaban J connectivity index is 1.53. The summed E-state index contributed by atoms with van der Waals surface area (Å²) in [5.41, 5.74) is -0.693. The minimum atomic E-state index is -0.503. The van der Waals surface area contributed by atoms with E-state index < -0.39 is 5.60 Å². The molecule has 156 valence electrons. The van der Waals surface area contributed by atoms with Crippen LogP contribution >= 0.6 is 0 Å². The summed E-state index contributed by atoms with van der Waals surface area (Å²) in [6.07, 6.45) is 7.43. The number of nitrogens with zero attached hydrogens (tertiary/aromatic N) is 2. The first-order valence-corrected chi connectivity index (χ1v) is 10.3. The van der Waals surface area contributed by atoms with Crippen LogP contribution in [0.2, 0.25) is 0 Å². The van der Waals surface area contributed by atoms with Crippen LogP contribution in [0.5, 0.6) is 0 Å². The Hall–Kier alpha value is -2.02. The second kappa shape index (κ2) is 8.55. The normalized spacial score (nSPS) is 20.6. The second-order valence-electron chi connectivity index (χ2n) is 8.91. The molecule has 1 aromatic heterocycles. The third-order valence-corrected chi connectivity index (χ3v) is 5.62. The predicted octanol–water partition coefficient (Wildman–Crippen LogP) is 2.90. The summed E-state index contributed by atoms with van der Waals surface area (Å²) < 4.78 is 13.1. The lowest BCUT2D eigenvalue weighted by molar-refractivity contribution is -0.136. The van der Waals surface area contributed by atoms with E-state index in [2.05, 4.69) is 22.3 Å². The zero-order valence-electron chi connectivity index (χ0n) is 17.3. The zero-order valence-corrected chi connectivity index (χ0v) is 17.3. The van der Waals surface area contributed by atoms with Crippen LogP contribution in [0.25, 0.3) is 0 Å². The molecule has 1 aromatic rings. The van der Waals surface area contributed by atoms with Crippen molar-refractivity contribution < 1.29 is 19.1 Å². The summed E-state index contributed by atoms with van der Waals surface area (Å²) in [4.78, 5) is 26.9. The number of rotatable bonds is 4. The van der Waals surface area contributed by atoms with Gasteiger partial charge >= 0.3 is 6.09 Å². The molecular weight excluding hydrogens is 358 g/mol. The summed E-state index contributed by atoms with van der Waals surface area (Å²) in [5, 5.41) is 2.93. The van der Waals surface area contributed by atoms with Crippen LogP contribution < -0.4 is 5.32 Å². The van der Waals surface area contributed by atoms with Crippen LogP contribution in [-0.2, 0) is 19.8 Å². The highest BCUT2D eigenvalue weighted by Crippen LogP contribution is 2.34. The van der Waals surface area contributed by atoms with Gasteiger partial charge in [0.05, 0.1) is 12.0 Å². The molecule has 2 amide bonds. The largest absolute Gasteiger partial charge is 0.444 e. The molecule has 0 bridgehead atoms. The first-order valence-electron chi connectivity index (χ1n) is 10.3. The smallest absolute Gasteiger partial charge is 0.407 e. The van der Waals surface area contributed by atoms with Gasteiger partial charge in [0.15, 0.2) is 0 Å². The number of ether oxygens (including phenoxy) is 2. The van der Waals surface area contributed by atoms with E-state index in [1.54, 1.807) is 0 Å². The maximum Gasteiger partial charge on any atom is 0.407 e. The standard InChI is InChI=1S/C21H33N3O4/c1-20(2,3)28-19(26)22-17-6-12-23(13-7-17)18(25)16-21(8-14-27-15-9-21)24-10-4-5-11-24/h4-5,10-11,17H,6-9,12-16H2,1-3H3,(H,22,26). The number of amides is 2. The van der Waals surface area contributed by atoms with E-state index in [-0.39, 0.29) is 23.6 Å². The van der Waals surface area contributed by atoms with Gasteiger partial charge in [-0.2, -0.15) is 0 Å². The quantitative estimate of drug-likeness (QED) is 0.857. The van der Waals surface area contributed by atoms with Gasteiger partial charge in [0, 0.05) is 44.7 Å². The first-order chi connectivity index (χ1) is 13.3. The Morgan fingerprint density at radius 2 is 1.75 bits per heavy atom. The van der Waals surface area contributed by atoms with Crippen molar-refractivity contribution in [2.24, 2.45) is 0 Å². The van der Waals surface area contributed by atoms with Crippen molar-refractivity contribution in [1.29, 1.82) is 0 Å². The summed E-state index contributed by atoms with van der Waals surface area (Å²) in [5.74, 6) is 0.186. The fourth-order valence-electron chi connectivity index (χ4n) is 4.07. The van der Waals surface area contributed by atoms with Gasteiger partial charge in [0.1, 0.15) is 5.60 Å². The minimum absolute atomic E-state index is 0.0559. The molecule has 3 rings (SSSR count). The monoisotopic (exact) mass is 391 g/mol. The van der Waals surface area contributed by atoms with E-state index in [4.69, 9.17) is 9.47 Å². The number of alkyl carbamates (subject to hydrolysis) is 1. The zero-order chi connectivity index (χ0) is 20.2. The van der Waals surface area contributed by atoms with Gasteiger partial charge in [-0.15, -0.1) is 0 Å². The van der Waals surface area contributed by atoms with Gasteiger partial charge < -0.3 is 24.3 Å². The molecule has 0 radical (unpaired) electrons. The molecule has 2 fully saturated rings. The van der Waals surface area contributed by atoms with E-state index in [1.807, 2.05) is 37.8 Å². The number of piperidine rings is 1. The number of likely N-dealkylation sites (tertiary alicyclic amines) is 1. The number of hydrogen-bond donors (Lipinski definition) is 1. The third kappa shape index (κ3) is 5.28. The van der Waals surface area contributed by atoms with Gasteiger partial charge in [0.25, 0.3) is 0 Å². The van der Waals surface area contributed by atoms with E-state index in [0.717, 1.165) is 25.7 Å². The van der Waals surface area contributed by atoms with Gasteiger partial charge in [-0.05, 0) is 58.6 Å². The molecule has 2 aliphatic heterocycles. The van der Waals surface area contributed by atoms with E-state index in [0.29, 0.717) is 32.7 Å². The fourth-order valence-corrected chi connectivity index (χ4v) is 4.07. The highest BCUT2D eigenvalue weighted by molar-refractivity contribution is 5.77. The Kier molecular flexibility index (Phi) is 6.33. The van der Waals surface area contributed by atoms with Gasteiger partial charge in [0.2, 0.25) is 5.91 Å². The van der Waals surface area contributed by atoms with E-state index in [9.17, 15) is 9.59 Å². The number of carbonyl (C=O) groups excluding carboxylic acids is 2. The molecule has 0 atom stereocenters. The van der Waals surface area contributed by atoms with Crippen LogP contribution in [0.15, 0.2) is 24.5 Å². The van der Waals surface area contributed by atoms with Crippen LogP contribution in [0, 0.1) is 0 Å². The molecule has 0 spiro atoms. The molecule has 2 aliphatic rings. The van der Waals surface area contributed by atoms with Crippen molar-refractivity contribution in [3.8, 4) is 0 Å². The van der Waals surface area contributed by atoms with Crippen molar-refractivity contribution in [2.75, 3.05) is 26.3 Å². The number of carbonyl (C=O) groups is 2. The SMILES string of the molecule is CC(C)(C)OC(=O)NC1CCN(C(=O)CC2(n3cccc3)CCOCC2)CC1. The predicted molar refractivity (Wildman–Crippen MR) is 106 cm³/mol. The highest BCUT2D eigenvalue weighted by atomic mass is 16.6. The fraction of sp³-hybridized carbons (Fsp3) is 0.714.